The van der Waals surface area contributed by atoms with E-state index in [9.17, 15) is 4.79 Å². The molecular weight excluding hydrogens is 220 g/mol. The minimum atomic E-state index is -0.265. The molecule has 0 amide bonds. The van der Waals surface area contributed by atoms with Gasteiger partial charge in [0.25, 0.3) is 0 Å². The van der Waals surface area contributed by atoms with Crippen molar-refractivity contribution in [2.75, 3.05) is 6.54 Å². The fourth-order valence-electron chi connectivity index (χ4n) is 1.52. The van der Waals surface area contributed by atoms with E-state index in [1.807, 2.05) is 0 Å². The van der Waals surface area contributed by atoms with Gasteiger partial charge in [-0.3, -0.25) is 10.2 Å². The van der Waals surface area contributed by atoms with Gasteiger partial charge in [0.05, 0.1) is 6.54 Å². The van der Waals surface area contributed by atoms with Gasteiger partial charge in [-0.25, -0.2) is 0 Å². The molecule has 17 heavy (non-hydrogen) atoms. The zero-order valence-electron chi connectivity index (χ0n) is 9.32. The van der Waals surface area contributed by atoms with E-state index in [1.54, 1.807) is 24.3 Å². The molecule has 1 aromatic carbocycles. The lowest BCUT2D eigenvalue weighted by atomic mass is 10.2. The lowest BCUT2D eigenvalue weighted by Gasteiger charge is -2.02. The summed E-state index contributed by atoms with van der Waals surface area (Å²) in [7, 11) is 0. The maximum absolute atomic E-state index is 11.4. The number of Topliss-reactive ketones (excluding diaryl/α,β-unsaturated/α-hetero) is 1. The van der Waals surface area contributed by atoms with Crippen LogP contribution < -0.4 is 10.5 Å². The summed E-state index contributed by atoms with van der Waals surface area (Å²) in [5, 5.41) is 8.03. The first-order valence-electron chi connectivity index (χ1n) is 5.10. The van der Waals surface area contributed by atoms with Crippen LogP contribution in [0.2, 0.25) is 0 Å². The Bertz CT molecular complexity index is 586. The van der Waals surface area contributed by atoms with Crippen molar-refractivity contribution >= 4 is 22.7 Å². The van der Waals surface area contributed by atoms with Crippen LogP contribution in [0, 0.1) is 5.41 Å². The number of nitrogens with one attached hydrogen (secondary N) is 1. The zero-order valence-corrected chi connectivity index (χ0v) is 9.32. The summed E-state index contributed by atoms with van der Waals surface area (Å²) >= 11 is 0. The van der Waals surface area contributed by atoms with Crippen LogP contribution in [0.25, 0.3) is 11.0 Å². The first-order chi connectivity index (χ1) is 8.11. The summed E-state index contributed by atoms with van der Waals surface area (Å²) in [5.74, 6) is 0.423. The van der Waals surface area contributed by atoms with Crippen molar-refractivity contribution < 1.29 is 13.9 Å². The highest BCUT2D eigenvalue weighted by molar-refractivity contribution is 5.99. The molecule has 0 bridgehead atoms. The summed E-state index contributed by atoms with van der Waals surface area (Å²) in [4.78, 5) is 11.4. The van der Waals surface area contributed by atoms with Crippen molar-refractivity contribution in [2.24, 2.45) is 5.73 Å². The lowest BCUT2D eigenvalue weighted by Crippen LogP contribution is -2.12. The van der Waals surface area contributed by atoms with Gasteiger partial charge < -0.3 is 14.9 Å². The van der Waals surface area contributed by atoms with E-state index < -0.39 is 0 Å². The minimum Gasteiger partial charge on any atom is -0.449 e. The summed E-state index contributed by atoms with van der Waals surface area (Å²) in [6.45, 7) is 1.42. The molecule has 0 fully saturated rings. The third kappa shape index (κ3) is 2.19. The van der Waals surface area contributed by atoms with Crippen LogP contribution in [0.3, 0.4) is 0 Å². The summed E-state index contributed by atoms with van der Waals surface area (Å²) < 4.78 is 10.6. The number of rotatable bonds is 3. The maximum atomic E-state index is 11.4. The molecule has 0 aliphatic heterocycles. The number of ketones is 1. The molecule has 0 aliphatic rings. The maximum Gasteiger partial charge on any atom is 0.211 e. The van der Waals surface area contributed by atoms with E-state index in [0.29, 0.717) is 11.3 Å². The highest BCUT2D eigenvalue weighted by Crippen LogP contribution is 2.28. The molecule has 0 atom stereocenters. The molecule has 1 heterocycles. The van der Waals surface area contributed by atoms with Crippen LogP contribution in [-0.4, -0.2) is 18.2 Å². The van der Waals surface area contributed by atoms with E-state index >= 15 is 0 Å². The predicted octanol–water partition coefficient (Wildman–Crippen LogP) is 1.95. The fourth-order valence-corrected chi connectivity index (χ4v) is 1.52. The van der Waals surface area contributed by atoms with Gasteiger partial charge in [-0.05, 0) is 12.1 Å². The van der Waals surface area contributed by atoms with Crippen molar-refractivity contribution in [1.82, 2.24) is 0 Å². The Morgan fingerprint density at radius 2 is 2.29 bits per heavy atom. The van der Waals surface area contributed by atoms with Crippen LogP contribution >= 0.6 is 0 Å². The van der Waals surface area contributed by atoms with Crippen molar-refractivity contribution in [3.05, 3.63) is 30.0 Å². The second-order valence-electron chi connectivity index (χ2n) is 3.57. The summed E-state index contributed by atoms with van der Waals surface area (Å²) in [5.41, 5.74) is 5.72. The lowest BCUT2D eigenvalue weighted by molar-refractivity contribution is 0.0977. The van der Waals surface area contributed by atoms with Crippen LogP contribution in [-0.2, 0) is 0 Å². The first kappa shape index (κ1) is 11.3. The van der Waals surface area contributed by atoms with Gasteiger partial charge in [0.15, 0.2) is 23.0 Å². The fraction of sp³-hybridized carbons (Fsp3) is 0.167. The number of benzene rings is 1. The van der Waals surface area contributed by atoms with Crippen molar-refractivity contribution in [3.8, 4) is 5.75 Å². The average Bonchev–Trinajstić information content (AvgIpc) is 2.72. The number of furan rings is 1. The molecule has 1 aromatic heterocycles. The van der Waals surface area contributed by atoms with Crippen LogP contribution in [0.4, 0.5) is 0 Å². The number of carbonyl (C=O) groups excluding carboxylic acids is 1. The summed E-state index contributed by atoms with van der Waals surface area (Å²) in [6.07, 6.45) is 0. The van der Waals surface area contributed by atoms with E-state index in [0.717, 1.165) is 5.39 Å². The van der Waals surface area contributed by atoms with Gasteiger partial charge in [0, 0.05) is 12.3 Å². The Morgan fingerprint density at radius 3 is 2.94 bits per heavy atom. The number of fused-ring (bicyclic) bond motifs is 1. The highest BCUT2D eigenvalue weighted by Gasteiger charge is 2.13. The number of ether oxygens (including phenoxy) is 1. The van der Waals surface area contributed by atoms with Crippen LogP contribution in [0.5, 0.6) is 5.75 Å². The average molecular weight is 232 g/mol. The third-order valence-electron chi connectivity index (χ3n) is 2.23. The zero-order chi connectivity index (χ0) is 12.4. The Morgan fingerprint density at radius 1 is 1.53 bits per heavy atom. The van der Waals surface area contributed by atoms with E-state index in [2.05, 4.69) is 0 Å². The smallest absolute Gasteiger partial charge is 0.211 e. The van der Waals surface area contributed by atoms with Gasteiger partial charge in [-0.2, -0.15) is 0 Å². The first-order valence-corrected chi connectivity index (χ1v) is 5.10. The largest absolute Gasteiger partial charge is 0.449 e. The molecule has 0 spiro atoms. The molecule has 2 aromatic rings. The van der Waals surface area contributed by atoms with Gasteiger partial charge in [0.2, 0.25) is 5.78 Å². The van der Waals surface area contributed by atoms with Crippen LogP contribution in [0.15, 0.2) is 28.7 Å². The Kier molecular flexibility index (Phi) is 2.93. The Labute approximate surface area is 97.7 Å². The SMILES string of the molecule is CC(=N)Oc1cccc2cc(C(=O)CN)oc12. The van der Waals surface area contributed by atoms with Gasteiger partial charge >= 0.3 is 0 Å². The molecular formula is C12H12N2O3. The van der Waals surface area contributed by atoms with Crippen molar-refractivity contribution in [3.63, 3.8) is 0 Å². The minimum absolute atomic E-state index is 0.0561. The van der Waals surface area contributed by atoms with E-state index in [4.69, 9.17) is 20.3 Å². The normalized spacial score (nSPS) is 10.5. The second kappa shape index (κ2) is 4.39. The molecule has 0 saturated carbocycles. The molecule has 2 rings (SSSR count). The monoisotopic (exact) mass is 232 g/mol. The molecule has 0 radical (unpaired) electrons. The third-order valence-corrected chi connectivity index (χ3v) is 2.23. The standard InChI is InChI=1S/C12H12N2O3/c1-7(14)16-10-4-2-3-8-5-11(9(15)6-13)17-12(8)10/h2-5,14H,6,13H2,1H3. The second-order valence-corrected chi connectivity index (χ2v) is 3.57. The number of para-hydroxylation sites is 1. The molecule has 0 saturated heterocycles. The van der Waals surface area contributed by atoms with Crippen LogP contribution in [0.1, 0.15) is 17.5 Å². The Balaban J connectivity index is 2.52. The van der Waals surface area contributed by atoms with Gasteiger partial charge in [-0.1, -0.05) is 12.1 Å². The molecule has 5 heteroatoms. The molecule has 5 nitrogen and oxygen atoms in total. The molecule has 0 aliphatic carbocycles. The molecule has 88 valence electrons. The highest BCUT2D eigenvalue weighted by atomic mass is 16.5. The number of carbonyl (C=O) groups is 1. The molecule has 0 unspecified atom stereocenters. The van der Waals surface area contributed by atoms with E-state index in [-0.39, 0.29) is 24.0 Å². The number of hydrogen-bond acceptors (Lipinski definition) is 5. The van der Waals surface area contributed by atoms with E-state index in [1.165, 1.54) is 6.92 Å². The molecule has 3 N–H and O–H groups in total. The van der Waals surface area contributed by atoms with Crippen molar-refractivity contribution in [2.45, 2.75) is 6.92 Å². The quantitative estimate of drug-likeness (QED) is 0.481. The van der Waals surface area contributed by atoms with Gasteiger partial charge in [0.1, 0.15) is 0 Å². The van der Waals surface area contributed by atoms with Crippen molar-refractivity contribution in [1.29, 1.82) is 5.41 Å². The van der Waals surface area contributed by atoms with Gasteiger partial charge in [-0.15, -0.1) is 0 Å². The predicted molar refractivity (Wildman–Crippen MR) is 63.6 cm³/mol. The summed E-state index contributed by atoms with van der Waals surface area (Å²) in [6, 6.07) is 6.88. The Hall–Kier alpha value is -2.14. The topological polar surface area (TPSA) is 89.3 Å². The number of nitrogens with two attached hydrogens (primary N) is 1. The number of hydrogen-bond donors (Lipinski definition) is 2.